The van der Waals surface area contributed by atoms with E-state index in [2.05, 4.69) is 9.97 Å². The van der Waals surface area contributed by atoms with E-state index in [1.807, 2.05) is 32.0 Å². The minimum absolute atomic E-state index is 0.326. The van der Waals surface area contributed by atoms with Crippen LogP contribution in [-0.2, 0) is 0 Å². The molecule has 0 aliphatic heterocycles. The molecule has 0 fully saturated rings. The van der Waals surface area contributed by atoms with Gasteiger partial charge < -0.3 is 5.11 Å². The highest BCUT2D eigenvalue weighted by molar-refractivity contribution is 7.99. The lowest BCUT2D eigenvalue weighted by molar-refractivity contribution is 0.0696. The summed E-state index contributed by atoms with van der Waals surface area (Å²) < 4.78 is 0. The Morgan fingerprint density at radius 1 is 1.16 bits per heavy atom. The molecule has 0 amide bonds. The quantitative estimate of drug-likeness (QED) is 0.870. The molecular weight excluding hydrogens is 260 g/mol. The van der Waals surface area contributed by atoms with Crippen LogP contribution in [-0.4, -0.2) is 21.0 Å². The average molecular weight is 274 g/mol. The Labute approximate surface area is 115 Å². The third-order valence-electron chi connectivity index (χ3n) is 2.60. The van der Waals surface area contributed by atoms with E-state index in [0.717, 1.165) is 21.2 Å². The first kappa shape index (κ1) is 13.5. The van der Waals surface area contributed by atoms with Crippen molar-refractivity contribution < 1.29 is 9.90 Å². The second kappa shape index (κ2) is 5.40. The van der Waals surface area contributed by atoms with Gasteiger partial charge in [0.05, 0.1) is 5.56 Å². The molecule has 4 nitrogen and oxygen atoms in total. The third kappa shape index (κ3) is 3.32. The van der Waals surface area contributed by atoms with Gasteiger partial charge in [-0.2, -0.15) is 0 Å². The number of nitrogens with zero attached hydrogens (tertiary/aromatic N) is 2. The number of carboxylic acids is 1. The van der Waals surface area contributed by atoms with Crippen LogP contribution < -0.4 is 0 Å². The molecule has 2 rings (SSSR count). The van der Waals surface area contributed by atoms with E-state index in [9.17, 15) is 4.79 Å². The van der Waals surface area contributed by atoms with Gasteiger partial charge in [0, 0.05) is 10.6 Å². The van der Waals surface area contributed by atoms with E-state index in [1.165, 1.54) is 11.8 Å². The monoisotopic (exact) mass is 274 g/mol. The van der Waals surface area contributed by atoms with Crippen molar-refractivity contribution in [1.82, 2.24) is 9.97 Å². The van der Waals surface area contributed by atoms with Crippen molar-refractivity contribution in [2.45, 2.75) is 30.7 Å². The molecular formula is C14H14N2O2S. The van der Waals surface area contributed by atoms with Crippen LogP contribution in [0.1, 0.15) is 27.4 Å². The number of benzene rings is 1. The standard InChI is InChI=1S/C14H14N2O2S/c1-8-4-5-11(7-12(8)14(17)18)19-13-6-9(2)15-10(3)16-13/h4-7H,1-3H3,(H,17,18). The van der Waals surface area contributed by atoms with Crippen LogP contribution in [0, 0.1) is 20.8 Å². The van der Waals surface area contributed by atoms with Crippen LogP contribution in [0.5, 0.6) is 0 Å². The van der Waals surface area contributed by atoms with Crippen LogP contribution in [0.25, 0.3) is 0 Å². The zero-order valence-corrected chi connectivity index (χ0v) is 11.8. The van der Waals surface area contributed by atoms with Crippen molar-refractivity contribution in [1.29, 1.82) is 0 Å². The van der Waals surface area contributed by atoms with Gasteiger partial charge in [-0.05, 0) is 44.5 Å². The first-order valence-electron chi connectivity index (χ1n) is 5.80. The number of aryl methyl sites for hydroxylation is 3. The largest absolute Gasteiger partial charge is 0.478 e. The van der Waals surface area contributed by atoms with Gasteiger partial charge in [-0.15, -0.1) is 0 Å². The van der Waals surface area contributed by atoms with Crippen molar-refractivity contribution in [3.05, 3.63) is 46.9 Å². The Kier molecular flexibility index (Phi) is 3.85. The number of carbonyl (C=O) groups is 1. The minimum atomic E-state index is -0.907. The molecule has 1 N–H and O–H groups in total. The fourth-order valence-corrected chi connectivity index (χ4v) is 2.71. The highest BCUT2D eigenvalue weighted by Gasteiger charge is 2.09. The molecule has 1 heterocycles. The zero-order valence-electron chi connectivity index (χ0n) is 11.0. The lowest BCUT2D eigenvalue weighted by atomic mass is 10.1. The maximum Gasteiger partial charge on any atom is 0.335 e. The summed E-state index contributed by atoms with van der Waals surface area (Å²) in [5.41, 5.74) is 1.99. The molecule has 0 spiro atoms. The van der Waals surface area contributed by atoms with Crippen LogP contribution >= 0.6 is 11.8 Å². The van der Waals surface area contributed by atoms with E-state index in [4.69, 9.17) is 5.11 Å². The molecule has 19 heavy (non-hydrogen) atoms. The first-order valence-corrected chi connectivity index (χ1v) is 6.61. The highest BCUT2D eigenvalue weighted by atomic mass is 32.2. The maximum atomic E-state index is 11.1. The summed E-state index contributed by atoms with van der Waals surface area (Å²) in [6.07, 6.45) is 0. The lowest BCUT2D eigenvalue weighted by Crippen LogP contribution is -1.99. The Hall–Kier alpha value is -1.88. The van der Waals surface area contributed by atoms with Crippen LogP contribution in [0.3, 0.4) is 0 Å². The SMILES string of the molecule is Cc1cc(Sc2ccc(C)c(C(=O)O)c2)nc(C)n1. The van der Waals surface area contributed by atoms with Gasteiger partial charge in [0.25, 0.3) is 0 Å². The molecule has 0 unspecified atom stereocenters. The molecule has 0 saturated heterocycles. The molecule has 0 atom stereocenters. The second-order valence-electron chi connectivity index (χ2n) is 4.28. The predicted octanol–water partition coefficient (Wildman–Crippen LogP) is 3.25. The number of hydrogen-bond donors (Lipinski definition) is 1. The number of carboxylic acid groups (broad SMARTS) is 1. The molecule has 0 aliphatic carbocycles. The summed E-state index contributed by atoms with van der Waals surface area (Å²) in [5.74, 6) is -0.192. The van der Waals surface area contributed by atoms with Gasteiger partial charge in [-0.1, -0.05) is 17.8 Å². The highest BCUT2D eigenvalue weighted by Crippen LogP contribution is 2.28. The topological polar surface area (TPSA) is 63.1 Å². The van der Waals surface area contributed by atoms with Crippen LogP contribution in [0.4, 0.5) is 0 Å². The van der Waals surface area contributed by atoms with Crippen LogP contribution in [0.15, 0.2) is 34.2 Å². The fourth-order valence-electron chi connectivity index (χ4n) is 1.75. The summed E-state index contributed by atoms with van der Waals surface area (Å²) in [7, 11) is 0. The van der Waals surface area contributed by atoms with Gasteiger partial charge in [-0.3, -0.25) is 0 Å². The molecule has 0 radical (unpaired) electrons. The minimum Gasteiger partial charge on any atom is -0.478 e. The third-order valence-corrected chi connectivity index (χ3v) is 3.51. The van der Waals surface area contributed by atoms with Crippen molar-refractivity contribution >= 4 is 17.7 Å². The van der Waals surface area contributed by atoms with E-state index in [0.29, 0.717) is 11.4 Å². The zero-order chi connectivity index (χ0) is 14.0. The molecule has 1 aromatic carbocycles. The van der Waals surface area contributed by atoms with E-state index >= 15 is 0 Å². The molecule has 1 aromatic heterocycles. The molecule has 98 valence electrons. The van der Waals surface area contributed by atoms with Gasteiger partial charge in [-0.25, -0.2) is 14.8 Å². The van der Waals surface area contributed by atoms with Gasteiger partial charge in [0.1, 0.15) is 10.9 Å². The second-order valence-corrected chi connectivity index (χ2v) is 5.37. The van der Waals surface area contributed by atoms with E-state index < -0.39 is 5.97 Å². The molecule has 0 saturated carbocycles. The number of aromatic carboxylic acids is 1. The van der Waals surface area contributed by atoms with Crippen molar-refractivity contribution in [3.63, 3.8) is 0 Å². The Morgan fingerprint density at radius 2 is 1.89 bits per heavy atom. The van der Waals surface area contributed by atoms with Crippen molar-refractivity contribution in [2.75, 3.05) is 0 Å². The number of aromatic nitrogens is 2. The summed E-state index contributed by atoms with van der Waals surface area (Å²) in [5, 5.41) is 9.93. The predicted molar refractivity (Wildman–Crippen MR) is 73.8 cm³/mol. The summed E-state index contributed by atoms with van der Waals surface area (Å²) in [6.45, 7) is 5.54. The van der Waals surface area contributed by atoms with Gasteiger partial charge >= 0.3 is 5.97 Å². The Bertz CT molecular complexity index is 621. The van der Waals surface area contributed by atoms with Crippen molar-refractivity contribution in [2.24, 2.45) is 0 Å². The Morgan fingerprint density at radius 3 is 2.53 bits per heavy atom. The maximum absolute atomic E-state index is 11.1. The molecule has 5 heteroatoms. The lowest BCUT2D eigenvalue weighted by Gasteiger charge is -2.06. The summed E-state index contributed by atoms with van der Waals surface area (Å²) in [4.78, 5) is 20.5. The Balaban J connectivity index is 2.33. The normalized spacial score (nSPS) is 10.5. The molecule has 2 aromatic rings. The average Bonchev–Trinajstić information content (AvgIpc) is 2.30. The smallest absolute Gasteiger partial charge is 0.335 e. The summed E-state index contributed by atoms with van der Waals surface area (Å²) >= 11 is 1.44. The first-order chi connectivity index (χ1) is 8.95. The van der Waals surface area contributed by atoms with Gasteiger partial charge in [0.2, 0.25) is 0 Å². The summed E-state index contributed by atoms with van der Waals surface area (Å²) in [6, 6.07) is 7.28. The van der Waals surface area contributed by atoms with Crippen molar-refractivity contribution in [3.8, 4) is 0 Å². The van der Waals surface area contributed by atoms with E-state index in [-0.39, 0.29) is 0 Å². The number of hydrogen-bond acceptors (Lipinski definition) is 4. The fraction of sp³-hybridized carbons (Fsp3) is 0.214. The van der Waals surface area contributed by atoms with Crippen LogP contribution in [0.2, 0.25) is 0 Å². The molecule has 0 bridgehead atoms. The molecule has 0 aliphatic rings. The number of rotatable bonds is 3. The van der Waals surface area contributed by atoms with E-state index in [1.54, 1.807) is 13.0 Å². The van der Waals surface area contributed by atoms with Gasteiger partial charge in [0.15, 0.2) is 0 Å².